The molecule has 1 rings (SSSR count). The van der Waals surface area contributed by atoms with E-state index in [1.54, 1.807) is 18.7 Å². The van der Waals surface area contributed by atoms with Crippen LogP contribution in [-0.2, 0) is 9.53 Å². The topological polar surface area (TPSA) is 78.9 Å². The number of amides is 2. The number of carbonyl (C=O) groups is 2. The van der Waals surface area contributed by atoms with E-state index in [-0.39, 0.29) is 18.1 Å². The van der Waals surface area contributed by atoms with E-state index in [1.165, 1.54) is 0 Å². The molecule has 1 saturated heterocycles. The van der Waals surface area contributed by atoms with Crippen molar-refractivity contribution in [1.29, 1.82) is 0 Å². The van der Waals surface area contributed by atoms with Gasteiger partial charge < -0.3 is 20.1 Å². The third-order valence-electron chi connectivity index (χ3n) is 3.15. The van der Waals surface area contributed by atoms with Crippen molar-refractivity contribution in [3.63, 3.8) is 0 Å². The van der Waals surface area contributed by atoms with Crippen LogP contribution in [0.5, 0.6) is 0 Å². The molecule has 0 atom stereocenters. The van der Waals surface area contributed by atoms with Crippen LogP contribution in [0.15, 0.2) is 0 Å². The zero-order valence-corrected chi connectivity index (χ0v) is 11.4. The highest BCUT2D eigenvalue weighted by atomic mass is 16.5. The molecule has 0 saturated carbocycles. The van der Waals surface area contributed by atoms with E-state index in [2.05, 4.69) is 5.32 Å². The maximum absolute atomic E-state index is 12.0. The molecule has 0 radical (unpaired) electrons. The van der Waals surface area contributed by atoms with Crippen molar-refractivity contribution in [1.82, 2.24) is 10.2 Å². The predicted molar refractivity (Wildman–Crippen MR) is 66.4 cm³/mol. The van der Waals surface area contributed by atoms with Gasteiger partial charge in [-0.25, -0.2) is 4.79 Å². The van der Waals surface area contributed by atoms with Gasteiger partial charge in [0.15, 0.2) is 0 Å². The number of aliphatic carboxylic acids is 1. The van der Waals surface area contributed by atoms with Gasteiger partial charge in [-0.05, 0) is 27.7 Å². The van der Waals surface area contributed by atoms with E-state index >= 15 is 0 Å². The molecule has 0 aromatic carbocycles. The number of carboxylic acid groups (broad SMARTS) is 1. The summed E-state index contributed by atoms with van der Waals surface area (Å²) in [4.78, 5) is 24.7. The first-order valence-corrected chi connectivity index (χ1v) is 6.03. The summed E-state index contributed by atoms with van der Waals surface area (Å²) in [5.74, 6) is -0.927. The Hall–Kier alpha value is -1.30. The van der Waals surface area contributed by atoms with Crippen molar-refractivity contribution in [3.05, 3.63) is 0 Å². The van der Waals surface area contributed by atoms with Gasteiger partial charge >= 0.3 is 12.0 Å². The first-order chi connectivity index (χ1) is 8.17. The number of ether oxygens (including phenoxy) is 1. The third kappa shape index (κ3) is 3.35. The van der Waals surface area contributed by atoms with E-state index < -0.39 is 11.4 Å². The van der Waals surface area contributed by atoms with Crippen LogP contribution in [0, 0.1) is 5.41 Å². The van der Waals surface area contributed by atoms with Crippen molar-refractivity contribution in [3.8, 4) is 0 Å². The van der Waals surface area contributed by atoms with Gasteiger partial charge in [-0.15, -0.1) is 0 Å². The van der Waals surface area contributed by atoms with Gasteiger partial charge in [-0.2, -0.15) is 0 Å². The minimum Gasteiger partial charge on any atom is -0.481 e. The highest BCUT2D eigenvalue weighted by Gasteiger charge is 2.35. The predicted octanol–water partition coefficient (Wildman–Crippen LogP) is 0.918. The summed E-state index contributed by atoms with van der Waals surface area (Å²) in [5, 5.41) is 11.7. The Bertz CT molecular complexity index is 339. The highest BCUT2D eigenvalue weighted by Crippen LogP contribution is 2.19. The lowest BCUT2D eigenvalue weighted by Gasteiger charge is -2.42. The van der Waals surface area contributed by atoms with Crippen LogP contribution in [0.25, 0.3) is 0 Å². The van der Waals surface area contributed by atoms with Crippen molar-refractivity contribution in [2.24, 2.45) is 5.41 Å². The second-order valence-electron chi connectivity index (χ2n) is 5.86. The number of carbonyl (C=O) groups excluding carboxylic acids is 1. The van der Waals surface area contributed by atoms with Gasteiger partial charge in [0.2, 0.25) is 0 Å². The van der Waals surface area contributed by atoms with Gasteiger partial charge in [0, 0.05) is 13.1 Å². The highest BCUT2D eigenvalue weighted by molar-refractivity contribution is 5.78. The first-order valence-electron chi connectivity index (χ1n) is 6.03. The van der Waals surface area contributed by atoms with E-state index in [1.807, 2.05) is 13.8 Å². The maximum atomic E-state index is 12.0. The molecule has 6 heteroatoms. The number of hydrogen-bond donors (Lipinski definition) is 2. The Morgan fingerprint density at radius 1 is 1.44 bits per heavy atom. The van der Waals surface area contributed by atoms with Crippen molar-refractivity contribution in [2.45, 2.75) is 33.2 Å². The number of hydrogen-bond acceptors (Lipinski definition) is 3. The molecule has 0 bridgehead atoms. The SMILES string of the molecule is CC(C)(CNC(=O)N1CCOCC1(C)C)C(=O)O. The van der Waals surface area contributed by atoms with Gasteiger partial charge in [0.05, 0.1) is 24.2 Å². The molecule has 0 aliphatic carbocycles. The summed E-state index contributed by atoms with van der Waals surface area (Å²) in [6.07, 6.45) is 0. The van der Waals surface area contributed by atoms with Crippen LogP contribution in [0.3, 0.4) is 0 Å². The third-order valence-corrected chi connectivity index (χ3v) is 3.15. The fraction of sp³-hybridized carbons (Fsp3) is 0.833. The first kappa shape index (κ1) is 14.8. The second kappa shape index (κ2) is 5.14. The standard InChI is InChI=1S/C12H22N2O4/c1-11(2,9(15)16)7-13-10(17)14-5-6-18-8-12(14,3)4/h5-8H2,1-4H3,(H,13,17)(H,15,16). The zero-order chi connectivity index (χ0) is 14.0. The largest absolute Gasteiger partial charge is 0.481 e. The molecule has 0 aromatic heterocycles. The molecule has 104 valence electrons. The normalized spacial score (nSPS) is 19.4. The van der Waals surface area contributed by atoms with Crippen LogP contribution in [0.4, 0.5) is 4.79 Å². The van der Waals surface area contributed by atoms with E-state index in [0.717, 1.165) is 0 Å². The lowest BCUT2D eigenvalue weighted by molar-refractivity contribution is -0.146. The molecule has 6 nitrogen and oxygen atoms in total. The molecule has 0 unspecified atom stereocenters. The Morgan fingerprint density at radius 3 is 2.56 bits per heavy atom. The van der Waals surface area contributed by atoms with Crippen LogP contribution in [0.2, 0.25) is 0 Å². The molecule has 1 fully saturated rings. The number of carboxylic acids is 1. The quantitative estimate of drug-likeness (QED) is 0.789. The molecular weight excluding hydrogens is 236 g/mol. The molecule has 1 aliphatic heterocycles. The van der Waals surface area contributed by atoms with E-state index in [4.69, 9.17) is 9.84 Å². The number of nitrogens with one attached hydrogen (secondary N) is 1. The lowest BCUT2D eigenvalue weighted by atomic mass is 9.94. The smallest absolute Gasteiger partial charge is 0.318 e. The summed E-state index contributed by atoms with van der Waals surface area (Å²) < 4.78 is 5.33. The molecule has 2 N–H and O–H groups in total. The van der Waals surface area contributed by atoms with Crippen LogP contribution < -0.4 is 5.32 Å². The van der Waals surface area contributed by atoms with Gasteiger partial charge in [-0.3, -0.25) is 4.79 Å². The monoisotopic (exact) mass is 258 g/mol. The van der Waals surface area contributed by atoms with Gasteiger partial charge in [0.1, 0.15) is 0 Å². The van der Waals surface area contributed by atoms with Gasteiger partial charge in [-0.1, -0.05) is 0 Å². The van der Waals surface area contributed by atoms with Crippen LogP contribution in [0.1, 0.15) is 27.7 Å². The lowest BCUT2D eigenvalue weighted by Crippen LogP contribution is -2.59. The molecule has 0 aromatic rings. The number of morpholine rings is 1. The Kier molecular flexibility index (Phi) is 4.21. The zero-order valence-electron chi connectivity index (χ0n) is 11.4. The van der Waals surface area contributed by atoms with Gasteiger partial charge in [0.25, 0.3) is 0 Å². The number of urea groups is 1. The maximum Gasteiger partial charge on any atom is 0.318 e. The van der Waals surface area contributed by atoms with E-state index in [9.17, 15) is 9.59 Å². The van der Waals surface area contributed by atoms with Crippen LogP contribution in [-0.4, -0.2) is 53.8 Å². The average molecular weight is 258 g/mol. The molecule has 0 spiro atoms. The van der Waals surface area contributed by atoms with Crippen molar-refractivity contribution in [2.75, 3.05) is 26.3 Å². The van der Waals surface area contributed by atoms with Crippen molar-refractivity contribution >= 4 is 12.0 Å². The van der Waals surface area contributed by atoms with E-state index in [0.29, 0.717) is 19.8 Å². The molecule has 2 amide bonds. The summed E-state index contributed by atoms with van der Waals surface area (Å²) in [7, 11) is 0. The number of nitrogens with zero attached hydrogens (tertiary/aromatic N) is 1. The fourth-order valence-electron chi connectivity index (χ4n) is 1.70. The fourth-order valence-corrected chi connectivity index (χ4v) is 1.70. The average Bonchev–Trinajstić information content (AvgIpc) is 2.25. The van der Waals surface area contributed by atoms with Crippen molar-refractivity contribution < 1.29 is 19.4 Å². The molecular formula is C12H22N2O4. The summed E-state index contributed by atoms with van der Waals surface area (Å²) in [6.45, 7) is 8.64. The Labute approximate surface area is 107 Å². The second-order valence-corrected chi connectivity index (χ2v) is 5.86. The molecule has 1 heterocycles. The summed E-state index contributed by atoms with van der Waals surface area (Å²) in [5.41, 5.74) is -1.33. The summed E-state index contributed by atoms with van der Waals surface area (Å²) >= 11 is 0. The summed E-state index contributed by atoms with van der Waals surface area (Å²) in [6, 6.07) is -0.238. The Morgan fingerprint density at radius 2 is 2.06 bits per heavy atom. The number of rotatable bonds is 3. The minimum absolute atomic E-state index is 0.106. The molecule has 18 heavy (non-hydrogen) atoms. The minimum atomic E-state index is -0.966. The van der Waals surface area contributed by atoms with Crippen LogP contribution >= 0.6 is 0 Å². The Balaban J connectivity index is 2.58. The molecule has 1 aliphatic rings.